The second kappa shape index (κ2) is 9.02. The van der Waals surface area contributed by atoms with Gasteiger partial charge in [0, 0.05) is 10.8 Å². The van der Waals surface area contributed by atoms with E-state index in [2.05, 4.69) is 53.4 Å². The van der Waals surface area contributed by atoms with Crippen molar-refractivity contribution in [2.24, 2.45) is 0 Å². The van der Waals surface area contributed by atoms with Crippen molar-refractivity contribution in [3.8, 4) is 5.75 Å². The van der Waals surface area contributed by atoms with Crippen molar-refractivity contribution < 1.29 is 19.5 Å². The third-order valence-electron chi connectivity index (χ3n) is 4.16. The quantitative estimate of drug-likeness (QED) is 0.544. The number of halogens is 3. The smallest absolute Gasteiger partial charge is 0.173 e. The normalized spacial score (nSPS) is 21.7. The number of carbonyl (C=O) groups is 1. The first kappa shape index (κ1) is 20.8. The van der Waals surface area contributed by atoms with E-state index in [0.717, 1.165) is 10.0 Å². The third kappa shape index (κ3) is 4.55. The van der Waals surface area contributed by atoms with Gasteiger partial charge in [0.15, 0.2) is 5.78 Å². The van der Waals surface area contributed by atoms with Crippen molar-refractivity contribution in [3.05, 3.63) is 58.6 Å². The first-order valence-electron chi connectivity index (χ1n) is 8.00. The van der Waals surface area contributed by atoms with Gasteiger partial charge in [0.1, 0.15) is 11.8 Å². The molecule has 0 amide bonds. The maximum Gasteiger partial charge on any atom is 0.173 e. The number of alkyl halides is 2. The fourth-order valence-corrected chi connectivity index (χ4v) is 4.10. The Balaban J connectivity index is 1.80. The molecule has 144 valence electrons. The van der Waals surface area contributed by atoms with Crippen LogP contribution in [0.5, 0.6) is 5.75 Å². The van der Waals surface area contributed by atoms with Crippen LogP contribution in [0.1, 0.15) is 10.4 Å². The van der Waals surface area contributed by atoms with Crippen LogP contribution < -0.4 is 20.4 Å². The molecule has 2 aromatic carbocycles. The highest BCUT2D eigenvalue weighted by Gasteiger charge is 2.40. The van der Waals surface area contributed by atoms with E-state index in [0.29, 0.717) is 11.4 Å². The Labute approximate surface area is 182 Å². The molecule has 0 spiro atoms. The average molecular weight is 564 g/mol. The van der Waals surface area contributed by atoms with Gasteiger partial charge in [0.25, 0.3) is 0 Å². The Bertz CT molecular complexity index is 788. The monoisotopic (exact) mass is 561 g/mol. The van der Waals surface area contributed by atoms with Gasteiger partial charge in [-0.1, -0.05) is 59.9 Å². The van der Waals surface area contributed by atoms with Crippen molar-refractivity contribution in [3.63, 3.8) is 0 Å². The largest absolute Gasteiger partial charge is 0.828 e. The fraction of sp³-hybridized carbons (Fsp3) is 0.278. The van der Waals surface area contributed by atoms with Crippen LogP contribution in [0.4, 0.5) is 5.69 Å². The van der Waals surface area contributed by atoms with Crippen LogP contribution in [0.2, 0.25) is 0 Å². The molecule has 1 heterocycles. The molecule has 1 aliphatic heterocycles. The molecule has 4 atom stereocenters. The van der Waals surface area contributed by atoms with Gasteiger partial charge in [-0.2, -0.15) is 0 Å². The Morgan fingerprint density at radius 2 is 1.81 bits per heavy atom. The maximum atomic E-state index is 13.1. The number of anilines is 1. The summed E-state index contributed by atoms with van der Waals surface area (Å²) in [6, 6.07) is 13.6. The van der Waals surface area contributed by atoms with Crippen LogP contribution >= 0.6 is 47.8 Å². The van der Waals surface area contributed by atoms with Gasteiger partial charge in [0.05, 0.1) is 22.5 Å². The molecule has 3 rings (SSSR count). The zero-order valence-corrected chi connectivity index (χ0v) is 18.9. The van der Waals surface area contributed by atoms with E-state index in [1.54, 1.807) is 31.4 Å². The average Bonchev–Trinajstić information content (AvgIpc) is 3.08. The Hall–Kier alpha value is -0.970. The van der Waals surface area contributed by atoms with E-state index in [9.17, 15) is 9.90 Å². The highest BCUT2D eigenvalue weighted by molar-refractivity contribution is 9.12. The number of hydrogen-bond acceptors (Lipinski definition) is 6. The minimum absolute atomic E-state index is 0.291. The Morgan fingerprint density at radius 3 is 2.41 bits per heavy atom. The highest BCUT2D eigenvalue weighted by atomic mass is 79.9. The molecule has 0 saturated carbocycles. The zero-order valence-electron chi connectivity index (χ0n) is 14.1. The van der Waals surface area contributed by atoms with E-state index >= 15 is 0 Å². The predicted molar refractivity (Wildman–Crippen MR) is 111 cm³/mol. The number of rotatable bonds is 6. The number of nitrogens with zero attached hydrogens (tertiary/aromatic N) is 1. The van der Waals surface area contributed by atoms with Crippen LogP contribution in [0.15, 0.2) is 53.0 Å². The number of carbonyl (C=O) groups excluding carboxylic acids is 1. The van der Waals surface area contributed by atoms with Gasteiger partial charge in [-0.3, -0.25) is 14.6 Å². The van der Waals surface area contributed by atoms with Crippen LogP contribution in [0.25, 0.3) is 0 Å². The van der Waals surface area contributed by atoms with Crippen LogP contribution in [0.3, 0.4) is 0 Å². The first-order chi connectivity index (χ1) is 12.9. The molecule has 4 unspecified atom stereocenters. The zero-order chi connectivity index (χ0) is 19.6. The van der Waals surface area contributed by atoms with Gasteiger partial charge >= 0.3 is 0 Å². The number of nitrogens with one attached hydrogen (secondary N) is 1. The summed E-state index contributed by atoms with van der Waals surface area (Å²) in [5.74, 6) is 0.384. The summed E-state index contributed by atoms with van der Waals surface area (Å²) in [7, 11) is 1.57. The van der Waals surface area contributed by atoms with Gasteiger partial charge < -0.3 is 9.84 Å². The lowest BCUT2D eigenvalue weighted by Gasteiger charge is -2.30. The molecule has 0 aliphatic carbocycles. The predicted octanol–water partition coefficient (Wildman–Crippen LogP) is 3.24. The minimum atomic E-state index is -1.55. The van der Waals surface area contributed by atoms with Crippen LogP contribution in [0, 0.1) is 0 Å². The minimum Gasteiger partial charge on any atom is -0.828 e. The molecule has 9 heteroatoms. The number of hydrazine groups is 1. The molecule has 1 N–H and O–H groups in total. The van der Waals surface area contributed by atoms with Crippen molar-refractivity contribution in [1.29, 1.82) is 0 Å². The molecule has 0 bridgehead atoms. The van der Waals surface area contributed by atoms with Gasteiger partial charge in [0.2, 0.25) is 0 Å². The molecule has 0 aromatic heterocycles. The number of ketones is 1. The summed E-state index contributed by atoms with van der Waals surface area (Å²) in [6.45, 7) is 0. The lowest BCUT2D eigenvalue weighted by molar-refractivity contribution is -0.488. The van der Waals surface area contributed by atoms with E-state index in [1.807, 2.05) is 24.3 Å². The molecule has 1 fully saturated rings. The van der Waals surface area contributed by atoms with Gasteiger partial charge in [-0.15, -0.1) is 5.59 Å². The summed E-state index contributed by atoms with van der Waals surface area (Å²) in [5.41, 5.74) is 4.09. The van der Waals surface area contributed by atoms with Gasteiger partial charge in [-0.25, -0.2) is 0 Å². The van der Waals surface area contributed by atoms with Crippen LogP contribution in [-0.4, -0.2) is 30.1 Å². The Morgan fingerprint density at radius 1 is 1.19 bits per heavy atom. The molecule has 1 saturated heterocycles. The number of ether oxygens (including phenoxy) is 1. The number of hydrogen-bond donors (Lipinski definition) is 1. The maximum absolute atomic E-state index is 13.1. The van der Waals surface area contributed by atoms with Crippen molar-refractivity contribution in [2.75, 3.05) is 12.1 Å². The Kier molecular flexibility index (Phi) is 6.93. The SMILES string of the molecule is COc1ccc(N2NOC([O-])C2C(=O)C(Br)C(Br)c2ccc(Br)cc2)cc1. The number of benzene rings is 2. The second-order valence-corrected chi connectivity index (χ2v) is 8.74. The lowest BCUT2D eigenvalue weighted by atomic mass is 10.0. The van der Waals surface area contributed by atoms with E-state index in [-0.39, 0.29) is 10.6 Å². The summed E-state index contributed by atoms with van der Waals surface area (Å²) in [5, 5.41) is 13.7. The summed E-state index contributed by atoms with van der Waals surface area (Å²) >= 11 is 10.4. The molecule has 0 radical (unpaired) electrons. The standard InChI is InChI=1S/C18H16Br3N2O4/c1-26-13-8-6-12(7-9-13)23-16(18(25)27-22-23)17(24)15(21)14(20)10-2-4-11(19)5-3-10/h2-9,14-16,18,22H,1H3/q-1. The molecule has 2 aromatic rings. The highest BCUT2D eigenvalue weighted by Crippen LogP contribution is 2.35. The first-order valence-corrected chi connectivity index (χ1v) is 10.6. The van der Waals surface area contributed by atoms with Crippen molar-refractivity contribution in [1.82, 2.24) is 5.59 Å². The summed E-state index contributed by atoms with van der Waals surface area (Å²) in [6.07, 6.45) is -1.55. The molecular weight excluding hydrogens is 548 g/mol. The molecule has 27 heavy (non-hydrogen) atoms. The van der Waals surface area contributed by atoms with Gasteiger partial charge in [-0.05, 0) is 42.0 Å². The van der Waals surface area contributed by atoms with E-state index < -0.39 is 17.2 Å². The number of Topliss-reactive ketones (excluding diaryl/α,β-unsaturated/α-hetero) is 1. The number of methoxy groups -OCH3 is 1. The summed E-state index contributed by atoms with van der Waals surface area (Å²) < 4.78 is 6.08. The van der Waals surface area contributed by atoms with Crippen LogP contribution in [-0.2, 0) is 9.63 Å². The van der Waals surface area contributed by atoms with E-state index in [1.165, 1.54) is 5.01 Å². The van der Waals surface area contributed by atoms with E-state index in [4.69, 9.17) is 9.57 Å². The van der Waals surface area contributed by atoms with Crippen molar-refractivity contribution in [2.45, 2.75) is 22.0 Å². The summed E-state index contributed by atoms with van der Waals surface area (Å²) in [4.78, 5) is 17.1. The second-order valence-electron chi connectivity index (χ2n) is 5.85. The molecular formula is C18H16Br3N2O4-. The van der Waals surface area contributed by atoms with Crippen molar-refractivity contribution >= 4 is 59.3 Å². The fourth-order valence-electron chi connectivity index (χ4n) is 2.69. The topological polar surface area (TPSA) is 73.9 Å². The molecule has 6 nitrogen and oxygen atoms in total. The molecule has 1 aliphatic rings. The third-order valence-corrected chi connectivity index (χ3v) is 7.44. The lowest BCUT2D eigenvalue weighted by Crippen LogP contribution is -2.51.